The van der Waals surface area contributed by atoms with Crippen molar-refractivity contribution < 1.29 is 17.9 Å². The highest BCUT2D eigenvalue weighted by atomic mass is 79.9. The molecule has 0 atom stereocenters. The molecule has 140 valence electrons. The van der Waals surface area contributed by atoms with Crippen LogP contribution in [0.25, 0.3) is 0 Å². The Kier molecular flexibility index (Phi) is 7.13. The van der Waals surface area contributed by atoms with E-state index in [1.54, 1.807) is 6.07 Å². The molecule has 0 aromatic heterocycles. The van der Waals surface area contributed by atoms with Crippen LogP contribution in [0, 0.1) is 0 Å². The summed E-state index contributed by atoms with van der Waals surface area (Å²) in [5, 5.41) is 3.17. The number of alkyl halides is 3. The summed E-state index contributed by atoms with van der Waals surface area (Å²) in [6.45, 7) is 3.25. The van der Waals surface area contributed by atoms with E-state index in [1.165, 1.54) is 6.07 Å². The third-order valence-corrected chi connectivity index (χ3v) is 4.33. The van der Waals surface area contributed by atoms with Crippen molar-refractivity contribution in [2.75, 3.05) is 43.1 Å². The average molecular weight is 422 g/mol. The van der Waals surface area contributed by atoms with Crippen LogP contribution in [-0.2, 0) is 10.9 Å². The summed E-state index contributed by atoms with van der Waals surface area (Å²) >= 11 is 0. The smallest absolute Gasteiger partial charge is 0.378 e. The molecule has 0 radical (unpaired) electrons. The molecule has 1 fully saturated rings. The first kappa shape index (κ1) is 20.0. The maximum atomic E-state index is 13.1. The first-order valence-corrected chi connectivity index (χ1v) is 8.38. The zero-order valence-electron chi connectivity index (χ0n) is 13.9. The van der Waals surface area contributed by atoms with Gasteiger partial charge in [0.25, 0.3) is 0 Å². The number of nitrogens with zero attached hydrogens (tertiary/aromatic N) is 2. The van der Waals surface area contributed by atoms with Gasteiger partial charge in [0.1, 0.15) is 5.84 Å². The van der Waals surface area contributed by atoms with Crippen LogP contribution in [0.15, 0.2) is 23.2 Å². The van der Waals surface area contributed by atoms with E-state index in [4.69, 9.17) is 4.74 Å². The summed E-state index contributed by atoms with van der Waals surface area (Å²) in [5.74, 6) is 0.779. The number of anilines is 2. The molecule has 1 aromatic carbocycles. The highest BCUT2D eigenvalue weighted by Gasteiger charge is 2.31. The quantitative estimate of drug-likeness (QED) is 0.763. The maximum absolute atomic E-state index is 13.1. The highest BCUT2D eigenvalue weighted by Crippen LogP contribution is 2.36. The summed E-state index contributed by atoms with van der Waals surface area (Å²) in [6, 6.07) is 3.89. The molecule has 0 aliphatic carbocycles. The number of morpholine rings is 1. The molecule has 0 amide bonds. The fourth-order valence-electron chi connectivity index (χ4n) is 3.02. The van der Waals surface area contributed by atoms with Gasteiger partial charge in [-0.15, -0.1) is 17.0 Å². The minimum atomic E-state index is -4.36. The van der Waals surface area contributed by atoms with E-state index in [0.717, 1.165) is 49.8 Å². The lowest BCUT2D eigenvalue weighted by atomic mass is 10.1. The first-order valence-electron chi connectivity index (χ1n) is 8.38. The van der Waals surface area contributed by atoms with E-state index in [9.17, 15) is 13.2 Å². The van der Waals surface area contributed by atoms with Crippen molar-refractivity contribution in [2.45, 2.75) is 31.9 Å². The van der Waals surface area contributed by atoms with Crippen LogP contribution in [0.2, 0.25) is 0 Å². The normalized spacial score (nSPS) is 18.8. The van der Waals surface area contributed by atoms with Crippen molar-refractivity contribution in [3.63, 3.8) is 0 Å². The number of hydrogen-bond donors (Lipinski definition) is 1. The Labute approximate surface area is 156 Å². The molecule has 2 aliphatic heterocycles. The zero-order chi connectivity index (χ0) is 17.0. The SMILES string of the molecule is Br.FC(F)(F)c1ccc(N2CCOCC2)c(NC2=NCCCCC2)c1. The van der Waals surface area contributed by atoms with Gasteiger partial charge < -0.3 is 15.0 Å². The minimum Gasteiger partial charge on any atom is -0.378 e. The number of aliphatic imine (C=N–C) groups is 1. The molecule has 8 heteroatoms. The molecule has 1 aromatic rings. The molecule has 1 saturated heterocycles. The van der Waals surface area contributed by atoms with Crippen molar-refractivity contribution >= 4 is 34.2 Å². The van der Waals surface area contributed by atoms with Gasteiger partial charge in [-0.1, -0.05) is 6.42 Å². The Bertz CT molecular complexity index is 601. The molecule has 2 aliphatic rings. The van der Waals surface area contributed by atoms with E-state index in [-0.39, 0.29) is 17.0 Å². The number of ether oxygens (including phenoxy) is 1. The molecule has 3 rings (SSSR count). The second-order valence-electron chi connectivity index (χ2n) is 6.09. The molecule has 1 N–H and O–H groups in total. The molecule has 4 nitrogen and oxygen atoms in total. The van der Waals surface area contributed by atoms with Gasteiger partial charge in [-0.25, -0.2) is 0 Å². The van der Waals surface area contributed by atoms with E-state index >= 15 is 0 Å². The third-order valence-electron chi connectivity index (χ3n) is 4.33. The molecule has 25 heavy (non-hydrogen) atoms. The molecule has 0 saturated carbocycles. The molecule has 0 spiro atoms. The third kappa shape index (κ3) is 5.34. The summed E-state index contributed by atoms with van der Waals surface area (Å²) < 4.78 is 44.6. The number of amidine groups is 1. The number of benzene rings is 1. The van der Waals surface area contributed by atoms with Gasteiger partial charge in [-0.05, 0) is 31.0 Å². The molecule has 0 bridgehead atoms. The van der Waals surface area contributed by atoms with Crippen LogP contribution < -0.4 is 10.2 Å². The number of hydrogen-bond acceptors (Lipinski definition) is 4. The molecule has 0 unspecified atom stereocenters. The fourth-order valence-corrected chi connectivity index (χ4v) is 3.02. The highest BCUT2D eigenvalue weighted by molar-refractivity contribution is 8.93. The standard InChI is InChI=1S/C17H22F3N3O.BrH/c18-17(19,20)13-5-6-15(23-8-10-24-11-9-23)14(12-13)22-16-4-2-1-3-7-21-16;/h5-6,12H,1-4,7-11H2,(H,21,22);1H. The largest absolute Gasteiger partial charge is 0.416 e. The van der Waals surface area contributed by atoms with Crippen LogP contribution in [0.5, 0.6) is 0 Å². The first-order chi connectivity index (χ1) is 11.5. The predicted molar refractivity (Wildman–Crippen MR) is 99.2 cm³/mol. The molecule has 2 heterocycles. The average Bonchev–Trinajstić information content (AvgIpc) is 2.83. The Morgan fingerprint density at radius 1 is 1.08 bits per heavy atom. The lowest BCUT2D eigenvalue weighted by molar-refractivity contribution is -0.137. The number of rotatable bonds is 2. The topological polar surface area (TPSA) is 36.9 Å². The van der Waals surface area contributed by atoms with E-state index in [2.05, 4.69) is 15.2 Å². The molecular formula is C17H23BrF3N3O. The Hall–Kier alpha value is -1.28. The summed E-state index contributed by atoms with van der Waals surface area (Å²) in [5.41, 5.74) is 0.613. The minimum absolute atomic E-state index is 0. The second kappa shape index (κ2) is 8.89. The summed E-state index contributed by atoms with van der Waals surface area (Å²) in [6.07, 6.45) is -0.431. The number of halogens is 4. The van der Waals surface area contributed by atoms with Crippen molar-refractivity contribution in [3.8, 4) is 0 Å². The van der Waals surface area contributed by atoms with E-state index < -0.39 is 11.7 Å². The Morgan fingerprint density at radius 3 is 2.56 bits per heavy atom. The van der Waals surface area contributed by atoms with Crippen LogP contribution in [0.1, 0.15) is 31.2 Å². The van der Waals surface area contributed by atoms with Gasteiger partial charge in [-0.2, -0.15) is 13.2 Å². The van der Waals surface area contributed by atoms with Crippen LogP contribution in [0.3, 0.4) is 0 Å². The lowest BCUT2D eigenvalue weighted by Crippen LogP contribution is -2.36. The predicted octanol–water partition coefficient (Wildman–Crippen LogP) is 4.50. The Morgan fingerprint density at radius 2 is 1.84 bits per heavy atom. The maximum Gasteiger partial charge on any atom is 0.416 e. The van der Waals surface area contributed by atoms with Gasteiger partial charge in [0.15, 0.2) is 0 Å². The van der Waals surface area contributed by atoms with Crippen molar-refractivity contribution in [1.82, 2.24) is 0 Å². The Balaban J connectivity index is 0.00000225. The lowest BCUT2D eigenvalue weighted by Gasteiger charge is -2.31. The number of nitrogens with one attached hydrogen (secondary N) is 1. The summed E-state index contributed by atoms with van der Waals surface area (Å²) in [7, 11) is 0. The monoisotopic (exact) mass is 421 g/mol. The van der Waals surface area contributed by atoms with Gasteiger partial charge in [0.05, 0.1) is 30.2 Å². The van der Waals surface area contributed by atoms with Crippen molar-refractivity contribution in [1.29, 1.82) is 0 Å². The van der Waals surface area contributed by atoms with Crippen LogP contribution >= 0.6 is 17.0 Å². The molecular weight excluding hydrogens is 399 g/mol. The van der Waals surface area contributed by atoms with Gasteiger partial charge >= 0.3 is 6.18 Å². The van der Waals surface area contributed by atoms with Gasteiger partial charge in [-0.3, -0.25) is 4.99 Å². The second-order valence-corrected chi connectivity index (χ2v) is 6.09. The van der Waals surface area contributed by atoms with Crippen molar-refractivity contribution in [2.24, 2.45) is 4.99 Å². The van der Waals surface area contributed by atoms with Gasteiger partial charge in [0.2, 0.25) is 0 Å². The van der Waals surface area contributed by atoms with E-state index in [0.29, 0.717) is 32.0 Å². The van der Waals surface area contributed by atoms with Gasteiger partial charge in [0, 0.05) is 26.1 Å². The van der Waals surface area contributed by atoms with Crippen molar-refractivity contribution in [3.05, 3.63) is 23.8 Å². The van der Waals surface area contributed by atoms with Crippen LogP contribution in [0.4, 0.5) is 24.5 Å². The zero-order valence-corrected chi connectivity index (χ0v) is 15.7. The fraction of sp³-hybridized carbons (Fsp3) is 0.588. The van der Waals surface area contributed by atoms with E-state index in [1.807, 2.05) is 0 Å². The summed E-state index contributed by atoms with van der Waals surface area (Å²) in [4.78, 5) is 6.54. The van der Waals surface area contributed by atoms with Crippen LogP contribution in [-0.4, -0.2) is 38.7 Å².